The van der Waals surface area contributed by atoms with Gasteiger partial charge in [0.25, 0.3) is 0 Å². The number of sulfone groups is 1. The maximum Gasteiger partial charge on any atom is 0.156 e. The van der Waals surface area contributed by atoms with E-state index in [4.69, 9.17) is 15.2 Å². The van der Waals surface area contributed by atoms with Gasteiger partial charge in [0.15, 0.2) is 9.84 Å². The SMILES string of the molecule is Nc1ccccc1OCCS(=O)(=O)CC1CCCO1. The van der Waals surface area contributed by atoms with Gasteiger partial charge in [-0.1, -0.05) is 12.1 Å². The second-order valence-electron chi connectivity index (χ2n) is 4.64. The predicted molar refractivity (Wildman–Crippen MR) is 74.0 cm³/mol. The molecule has 0 saturated carbocycles. The fourth-order valence-corrected chi connectivity index (χ4v) is 3.37. The molecule has 2 rings (SSSR count). The molecule has 5 nitrogen and oxygen atoms in total. The van der Waals surface area contributed by atoms with E-state index in [1.807, 2.05) is 0 Å². The second-order valence-corrected chi connectivity index (χ2v) is 6.86. The van der Waals surface area contributed by atoms with Gasteiger partial charge in [-0.25, -0.2) is 8.42 Å². The molecule has 0 radical (unpaired) electrons. The Labute approximate surface area is 113 Å². The van der Waals surface area contributed by atoms with Gasteiger partial charge < -0.3 is 15.2 Å². The number of ether oxygens (including phenoxy) is 2. The molecular weight excluding hydrogens is 266 g/mol. The molecule has 6 heteroatoms. The van der Waals surface area contributed by atoms with Crippen LogP contribution in [-0.2, 0) is 14.6 Å². The average molecular weight is 285 g/mol. The van der Waals surface area contributed by atoms with E-state index in [0.717, 1.165) is 12.8 Å². The van der Waals surface area contributed by atoms with Crippen LogP contribution in [0.4, 0.5) is 5.69 Å². The summed E-state index contributed by atoms with van der Waals surface area (Å²) in [6.07, 6.45) is 1.62. The summed E-state index contributed by atoms with van der Waals surface area (Å²) < 4.78 is 34.5. The van der Waals surface area contributed by atoms with Crippen LogP contribution in [0.3, 0.4) is 0 Å². The van der Waals surface area contributed by atoms with Crippen molar-refractivity contribution in [2.75, 3.05) is 30.5 Å². The van der Waals surface area contributed by atoms with Crippen LogP contribution in [-0.4, -0.2) is 39.2 Å². The second kappa shape index (κ2) is 6.25. The molecule has 0 spiro atoms. The minimum Gasteiger partial charge on any atom is -0.490 e. The molecule has 1 aliphatic rings. The molecule has 0 aromatic heterocycles. The Bertz CT molecular complexity index is 509. The molecule has 106 valence electrons. The monoisotopic (exact) mass is 285 g/mol. The van der Waals surface area contributed by atoms with Crippen LogP contribution in [0.1, 0.15) is 12.8 Å². The van der Waals surface area contributed by atoms with E-state index in [2.05, 4.69) is 0 Å². The number of nitrogens with two attached hydrogens (primary N) is 1. The number of hydrogen-bond donors (Lipinski definition) is 1. The van der Waals surface area contributed by atoms with Gasteiger partial charge in [0.1, 0.15) is 12.4 Å². The van der Waals surface area contributed by atoms with E-state index in [1.54, 1.807) is 24.3 Å². The Balaban J connectivity index is 1.79. The van der Waals surface area contributed by atoms with Gasteiger partial charge in [0.05, 0.1) is 23.3 Å². The number of rotatable bonds is 6. The fourth-order valence-electron chi connectivity index (χ4n) is 2.03. The smallest absolute Gasteiger partial charge is 0.156 e. The summed E-state index contributed by atoms with van der Waals surface area (Å²) in [5, 5.41) is 0. The van der Waals surface area contributed by atoms with Crippen molar-refractivity contribution < 1.29 is 17.9 Å². The number of benzene rings is 1. The van der Waals surface area contributed by atoms with Crippen LogP contribution >= 0.6 is 0 Å². The van der Waals surface area contributed by atoms with Crippen LogP contribution in [0.5, 0.6) is 5.75 Å². The van der Waals surface area contributed by atoms with Crippen LogP contribution in [0.15, 0.2) is 24.3 Å². The maximum absolute atomic E-state index is 11.9. The quantitative estimate of drug-likeness (QED) is 0.796. The van der Waals surface area contributed by atoms with Gasteiger partial charge >= 0.3 is 0 Å². The molecule has 0 amide bonds. The number of para-hydroxylation sites is 2. The first-order valence-electron chi connectivity index (χ1n) is 6.36. The molecule has 1 unspecified atom stereocenters. The molecule has 1 heterocycles. The van der Waals surface area contributed by atoms with Crippen LogP contribution in [0.25, 0.3) is 0 Å². The summed E-state index contributed by atoms with van der Waals surface area (Å²) >= 11 is 0. The molecule has 1 aromatic carbocycles. The lowest BCUT2D eigenvalue weighted by Gasteiger charge is -2.11. The molecular formula is C13H19NO4S. The van der Waals surface area contributed by atoms with Gasteiger partial charge in [-0.2, -0.15) is 0 Å². The first-order valence-corrected chi connectivity index (χ1v) is 8.18. The van der Waals surface area contributed by atoms with Crippen molar-refractivity contribution in [2.45, 2.75) is 18.9 Å². The first kappa shape index (κ1) is 14.1. The third-order valence-electron chi connectivity index (χ3n) is 3.03. The Kier molecular flexibility index (Phi) is 4.66. The van der Waals surface area contributed by atoms with Gasteiger partial charge in [-0.3, -0.25) is 0 Å². The third kappa shape index (κ3) is 4.40. The third-order valence-corrected chi connectivity index (χ3v) is 4.70. The summed E-state index contributed by atoms with van der Waals surface area (Å²) in [4.78, 5) is 0. The molecule has 1 fully saturated rings. The summed E-state index contributed by atoms with van der Waals surface area (Å²) in [6.45, 7) is 0.778. The molecule has 1 atom stereocenters. The zero-order valence-electron chi connectivity index (χ0n) is 10.7. The predicted octanol–water partition coefficient (Wildman–Crippen LogP) is 1.24. The van der Waals surface area contributed by atoms with Crippen LogP contribution in [0, 0.1) is 0 Å². The largest absolute Gasteiger partial charge is 0.490 e. The Morgan fingerprint density at radius 2 is 2.16 bits per heavy atom. The van der Waals surface area contributed by atoms with E-state index < -0.39 is 9.84 Å². The molecule has 2 N–H and O–H groups in total. The minimum absolute atomic E-state index is 0.0127. The van der Waals surface area contributed by atoms with Crippen molar-refractivity contribution in [1.29, 1.82) is 0 Å². The number of hydrogen-bond acceptors (Lipinski definition) is 5. The van der Waals surface area contributed by atoms with Gasteiger partial charge in [-0.05, 0) is 25.0 Å². The summed E-state index contributed by atoms with van der Waals surface area (Å²) in [7, 11) is -3.14. The van der Waals surface area contributed by atoms with Crippen molar-refractivity contribution >= 4 is 15.5 Å². The topological polar surface area (TPSA) is 78.6 Å². The highest BCUT2D eigenvalue weighted by Crippen LogP contribution is 2.20. The van der Waals surface area contributed by atoms with Crippen molar-refractivity contribution in [1.82, 2.24) is 0 Å². The van der Waals surface area contributed by atoms with Gasteiger partial charge in [-0.15, -0.1) is 0 Å². The first-order chi connectivity index (χ1) is 9.07. The highest BCUT2D eigenvalue weighted by molar-refractivity contribution is 7.91. The normalized spacial score (nSPS) is 19.5. The van der Waals surface area contributed by atoms with Crippen LogP contribution < -0.4 is 10.5 Å². The molecule has 0 bridgehead atoms. The summed E-state index contributed by atoms with van der Waals surface area (Å²) in [6, 6.07) is 7.04. The van der Waals surface area contributed by atoms with E-state index >= 15 is 0 Å². The lowest BCUT2D eigenvalue weighted by atomic mass is 10.3. The Morgan fingerprint density at radius 3 is 2.84 bits per heavy atom. The van der Waals surface area contributed by atoms with E-state index in [-0.39, 0.29) is 24.2 Å². The van der Waals surface area contributed by atoms with Crippen molar-refractivity contribution in [3.63, 3.8) is 0 Å². The maximum atomic E-state index is 11.9. The zero-order valence-corrected chi connectivity index (χ0v) is 11.6. The number of anilines is 1. The molecule has 1 saturated heterocycles. The molecule has 1 aliphatic heterocycles. The molecule has 0 aliphatic carbocycles. The van der Waals surface area contributed by atoms with Gasteiger partial charge in [0.2, 0.25) is 0 Å². The minimum atomic E-state index is -3.14. The zero-order chi connectivity index (χ0) is 13.7. The fraction of sp³-hybridized carbons (Fsp3) is 0.538. The Morgan fingerprint density at radius 1 is 1.37 bits per heavy atom. The molecule has 1 aromatic rings. The van der Waals surface area contributed by atoms with Gasteiger partial charge in [0, 0.05) is 6.61 Å². The lowest BCUT2D eigenvalue weighted by Crippen LogP contribution is -2.25. The van der Waals surface area contributed by atoms with Crippen molar-refractivity contribution in [3.8, 4) is 5.75 Å². The summed E-state index contributed by atoms with van der Waals surface area (Å²) in [5.74, 6) is 0.594. The van der Waals surface area contributed by atoms with E-state index in [9.17, 15) is 8.42 Å². The summed E-state index contributed by atoms with van der Waals surface area (Å²) in [5.41, 5.74) is 6.22. The van der Waals surface area contributed by atoms with Crippen molar-refractivity contribution in [2.24, 2.45) is 0 Å². The Hall–Kier alpha value is -1.27. The molecule has 19 heavy (non-hydrogen) atoms. The van der Waals surface area contributed by atoms with Crippen LogP contribution in [0.2, 0.25) is 0 Å². The number of nitrogen functional groups attached to an aromatic ring is 1. The standard InChI is InChI=1S/C13H19NO4S/c14-12-5-1-2-6-13(12)18-8-9-19(15,16)10-11-4-3-7-17-11/h1-2,5-6,11H,3-4,7-10,14H2. The van der Waals surface area contributed by atoms with E-state index in [0.29, 0.717) is 18.0 Å². The highest BCUT2D eigenvalue weighted by Gasteiger charge is 2.23. The lowest BCUT2D eigenvalue weighted by molar-refractivity contribution is 0.127. The van der Waals surface area contributed by atoms with Crippen molar-refractivity contribution in [3.05, 3.63) is 24.3 Å². The highest BCUT2D eigenvalue weighted by atomic mass is 32.2. The average Bonchev–Trinajstić information content (AvgIpc) is 2.83. The van der Waals surface area contributed by atoms with E-state index in [1.165, 1.54) is 0 Å².